The van der Waals surface area contributed by atoms with Gasteiger partial charge in [0.15, 0.2) is 11.5 Å². The minimum atomic E-state index is -0.198. The van der Waals surface area contributed by atoms with Gasteiger partial charge in [0.25, 0.3) is 0 Å². The summed E-state index contributed by atoms with van der Waals surface area (Å²) in [6, 6.07) is 20.4. The van der Waals surface area contributed by atoms with Crippen LogP contribution in [-0.2, 0) is 6.54 Å². The summed E-state index contributed by atoms with van der Waals surface area (Å²) in [5.41, 5.74) is 5.87. The molecule has 0 aromatic heterocycles. The van der Waals surface area contributed by atoms with Crippen LogP contribution in [0.4, 0.5) is 10.1 Å². The molecule has 4 nitrogen and oxygen atoms in total. The smallest absolute Gasteiger partial charge is 0.164 e. The minimum Gasteiger partial charge on any atom is -0.493 e. The van der Waals surface area contributed by atoms with Gasteiger partial charge >= 0.3 is 0 Å². The van der Waals surface area contributed by atoms with Gasteiger partial charge < -0.3 is 19.7 Å². The van der Waals surface area contributed by atoms with E-state index in [1.165, 1.54) is 29.5 Å². The van der Waals surface area contributed by atoms with E-state index in [-0.39, 0.29) is 5.82 Å². The fourth-order valence-electron chi connectivity index (χ4n) is 5.09. The topological polar surface area (TPSA) is 33.7 Å². The molecule has 3 aromatic rings. The number of anilines is 1. The first-order valence-electron chi connectivity index (χ1n) is 12.2. The van der Waals surface area contributed by atoms with E-state index in [1.807, 2.05) is 12.1 Å². The van der Waals surface area contributed by atoms with Gasteiger partial charge in [-0.3, -0.25) is 0 Å². The third kappa shape index (κ3) is 4.90. The molecule has 178 valence electrons. The van der Waals surface area contributed by atoms with E-state index in [2.05, 4.69) is 46.6 Å². The van der Waals surface area contributed by atoms with Gasteiger partial charge in [-0.1, -0.05) is 18.2 Å². The molecule has 2 fully saturated rings. The average molecular weight is 461 g/mol. The number of rotatable bonds is 8. The van der Waals surface area contributed by atoms with Crippen molar-refractivity contribution in [2.24, 2.45) is 0 Å². The number of piperidine rings is 1. The lowest BCUT2D eigenvalue weighted by Crippen LogP contribution is -2.43. The zero-order chi connectivity index (χ0) is 23.5. The molecule has 1 aliphatic carbocycles. The van der Waals surface area contributed by atoms with Crippen LogP contribution in [0.15, 0.2) is 60.7 Å². The second-order valence-electron chi connectivity index (χ2n) is 9.36. The van der Waals surface area contributed by atoms with Crippen molar-refractivity contribution in [3.05, 3.63) is 77.6 Å². The molecular formula is C29H33FN2O2. The maximum absolute atomic E-state index is 13.6. The van der Waals surface area contributed by atoms with Crippen LogP contribution < -0.4 is 19.7 Å². The highest BCUT2D eigenvalue weighted by Crippen LogP contribution is 2.49. The molecule has 0 bridgehead atoms. The van der Waals surface area contributed by atoms with Crippen LogP contribution in [0.3, 0.4) is 0 Å². The van der Waals surface area contributed by atoms with E-state index in [1.54, 1.807) is 26.4 Å². The molecule has 2 aliphatic rings. The monoisotopic (exact) mass is 460 g/mol. The first-order chi connectivity index (χ1) is 16.7. The third-order valence-electron chi connectivity index (χ3n) is 7.05. The summed E-state index contributed by atoms with van der Waals surface area (Å²) >= 11 is 0. The molecule has 0 amide bonds. The summed E-state index contributed by atoms with van der Waals surface area (Å²) in [5, 5.41) is 3.46. The molecule has 3 aromatic carbocycles. The van der Waals surface area contributed by atoms with Crippen molar-refractivity contribution in [3.63, 3.8) is 0 Å². The van der Waals surface area contributed by atoms with E-state index < -0.39 is 0 Å². The Balaban J connectivity index is 1.47. The fourth-order valence-corrected chi connectivity index (χ4v) is 5.09. The largest absolute Gasteiger partial charge is 0.493 e. The molecule has 1 N–H and O–H groups in total. The van der Waals surface area contributed by atoms with Crippen molar-refractivity contribution < 1.29 is 13.9 Å². The summed E-state index contributed by atoms with van der Waals surface area (Å²) in [6.07, 6.45) is 4.56. The predicted octanol–water partition coefficient (Wildman–Crippen LogP) is 6.15. The quantitative estimate of drug-likeness (QED) is 0.437. The molecule has 0 unspecified atom stereocenters. The van der Waals surface area contributed by atoms with E-state index >= 15 is 0 Å². The van der Waals surface area contributed by atoms with Gasteiger partial charge in [0.2, 0.25) is 0 Å². The molecule has 1 heterocycles. The summed E-state index contributed by atoms with van der Waals surface area (Å²) in [6.45, 7) is 2.81. The number of halogens is 1. The van der Waals surface area contributed by atoms with Crippen LogP contribution in [0, 0.1) is 5.82 Å². The van der Waals surface area contributed by atoms with Crippen LogP contribution in [0.25, 0.3) is 11.1 Å². The van der Waals surface area contributed by atoms with Crippen LogP contribution >= 0.6 is 0 Å². The highest BCUT2D eigenvalue weighted by molar-refractivity contribution is 5.70. The Kier molecular flexibility index (Phi) is 6.73. The van der Waals surface area contributed by atoms with E-state index in [0.717, 1.165) is 55.2 Å². The molecule has 0 spiro atoms. The lowest BCUT2D eigenvalue weighted by Gasteiger charge is -2.36. The lowest BCUT2D eigenvalue weighted by molar-refractivity contribution is 0.352. The Morgan fingerprint density at radius 3 is 2.32 bits per heavy atom. The van der Waals surface area contributed by atoms with Crippen molar-refractivity contribution in [1.29, 1.82) is 0 Å². The Bertz CT molecular complexity index is 1120. The van der Waals surface area contributed by atoms with Crippen LogP contribution in [0.1, 0.15) is 42.7 Å². The van der Waals surface area contributed by atoms with Gasteiger partial charge in [0, 0.05) is 23.8 Å². The number of ether oxygens (including phenoxy) is 2. The Morgan fingerprint density at radius 2 is 1.65 bits per heavy atom. The molecule has 1 saturated heterocycles. The van der Waals surface area contributed by atoms with Crippen molar-refractivity contribution in [1.82, 2.24) is 5.32 Å². The predicted molar refractivity (Wildman–Crippen MR) is 135 cm³/mol. The van der Waals surface area contributed by atoms with Gasteiger partial charge in [-0.05, 0) is 104 Å². The second kappa shape index (κ2) is 10.1. The summed E-state index contributed by atoms with van der Waals surface area (Å²) in [4.78, 5) is 2.43. The Morgan fingerprint density at radius 1 is 0.882 bits per heavy atom. The maximum atomic E-state index is 13.6. The highest BCUT2D eigenvalue weighted by Gasteiger charge is 2.29. The van der Waals surface area contributed by atoms with Crippen LogP contribution in [0.2, 0.25) is 0 Å². The van der Waals surface area contributed by atoms with Gasteiger partial charge in [-0.2, -0.15) is 0 Å². The highest BCUT2D eigenvalue weighted by atomic mass is 19.1. The number of hydrogen-bond acceptors (Lipinski definition) is 4. The normalized spacial score (nSPS) is 16.3. The molecule has 5 rings (SSSR count). The number of benzene rings is 3. The standard InChI is InChI=1S/C29H33FN2O2/c1-33-28-18-23(17-27(21-6-7-21)29(28)34-2)22-5-3-4-20(16-22)19-32(26-12-14-31-15-13-26)25-10-8-24(30)9-11-25/h3-5,8-11,16-18,21,26,31H,6-7,12-15,19H2,1-2H3. The average Bonchev–Trinajstić information content (AvgIpc) is 3.73. The second-order valence-corrected chi connectivity index (χ2v) is 9.36. The van der Waals surface area contributed by atoms with E-state index in [4.69, 9.17) is 9.47 Å². The van der Waals surface area contributed by atoms with Crippen LogP contribution in [-0.4, -0.2) is 33.4 Å². The van der Waals surface area contributed by atoms with E-state index in [9.17, 15) is 4.39 Å². The number of methoxy groups -OCH3 is 2. The molecule has 34 heavy (non-hydrogen) atoms. The summed E-state index contributed by atoms with van der Waals surface area (Å²) in [5.74, 6) is 2.00. The summed E-state index contributed by atoms with van der Waals surface area (Å²) in [7, 11) is 3.42. The Labute approximate surface area is 201 Å². The van der Waals surface area contributed by atoms with Crippen molar-refractivity contribution in [2.45, 2.75) is 44.2 Å². The first-order valence-corrected chi connectivity index (χ1v) is 12.2. The fraction of sp³-hybridized carbons (Fsp3) is 0.379. The molecule has 5 heteroatoms. The minimum absolute atomic E-state index is 0.198. The number of hydrogen-bond donors (Lipinski definition) is 1. The first kappa shape index (κ1) is 22.7. The summed E-state index contributed by atoms with van der Waals surface area (Å²) < 4.78 is 25.0. The third-order valence-corrected chi connectivity index (χ3v) is 7.05. The Hall–Kier alpha value is -3.05. The number of nitrogens with zero attached hydrogens (tertiary/aromatic N) is 1. The van der Waals surface area contributed by atoms with Gasteiger partial charge in [0.1, 0.15) is 5.82 Å². The molecule has 0 radical (unpaired) electrons. The van der Waals surface area contributed by atoms with Gasteiger partial charge in [0.05, 0.1) is 14.2 Å². The lowest BCUT2D eigenvalue weighted by atomic mass is 9.97. The zero-order valence-corrected chi connectivity index (χ0v) is 20.0. The van der Waals surface area contributed by atoms with Gasteiger partial charge in [-0.25, -0.2) is 4.39 Å². The van der Waals surface area contributed by atoms with Crippen molar-refractivity contribution >= 4 is 5.69 Å². The number of nitrogens with one attached hydrogen (secondary N) is 1. The molecule has 0 atom stereocenters. The van der Waals surface area contributed by atoms with Crippen molar-refractivity contribution in [3.8, 4) is 22.6 Å². The van der Waals surface area contributed by atoms with E-state index in [0.29, 0.717) is 12.0 Å². The zero-order valence-electron chi connectivity index (χ0n) is 20.0. The van der Waals surface area contributed by atoms with Crippen LogP contribution in [0.5, 0.6) is 11.5 Å². The van der Waals surface area contributed by atoms with Crippen molar-refractivity contribution in [2.75, 3.05) is 32.2 Å². The SMILES string of the molecule is COc1cc(-c2cccc(CN(c3ccc(F)cc3)C3CCNCC3)c2)cc(C2CC2)c1OC. The maximum Gasteiger partial charge on any atom is 0.164 e. The molecule has 1 aliphatic heterocycles. The molecular weight excluding hydrogens is 427 g/mol. The molecule has 1 saturated carbocycles. The van der Waals surface area contributed by atoms with Gasteiger partial charge in [-0.15, -0.1) is 0 Å².